The van der Waals surface area contributed by atoms with Gasteiger partial charge in [0, 0.05) is 19.5 Å². The zero-order valence-electron chi connectivity index (χ0n) is 48.0. The highest BCUT2D eigenvalue weighted by Gasteiger charge is 2.37. The van der Waals surface area contributed by atoms with Crippen LogP contribution in [0.4, 0.5) is 0 Å². The first-order valence-corrected chi connectivity index (χ1v) is 27.1. The summed E-state index contributed by atoms with van der Waals surface area (Å²) in [5.41, 5.74) is 44.2. The van der Waals surface area contributed by atoms with Gasteiger partial charge in [-0.3, -0.25) is 67.5 Å². The molecule has 0 fully saturated rings. The lowest BCUT2D eigenvalue weighted by Crippen LogP contribution is -2.61. The predicted octanol–water partition coefficient (Wildman–Crippen LogP) is -10.2. The predicted molar refractivity (Wildman–Crippen MR) is 306 cm³/mol. The Bertz CT molecular complexity index is 2600. The third kappa shape index (κ3) is 29.7. The van der Waals surface area contributed by atoms with Crippen LogP contribution in [0.3, 0.4) is 0 Å². The number of hydrogen-bond donors (Lipinski definition) is 22. The van der Waals surface area contributed by atoms with Crippen molar-refractivity contribution < 1.29 is 87.9 Å². The molecule has 11 amide bonds. The van der Waals surface area contributed by atoms with Crippen LogP contribution in [0, 0.1) is 5.92 Å². The lowest BCUT2D eigenvalue weighted by atomic mass is 10.0. The molecule has 0 aromatic heterocycles. The number of primary amides is 2. The summed E-state index contributed by atoms with van der Waals surface area (Å²) in [6, 6.07) is -12.3. The summed E-state index contributed by atoms with van der Waals surface area (Å²) in [6.07, 6.45) is -3.05. The molecule has 486 valence electrons. The fourth-order valence-electron chi connectivity index (χ4n) is 7.81. The number of carboxylic acid groups (broad SMARTS) is 2. The maximum atomic E-state index is 14.4. The summed E-state index contributed by atoms with van der Waals surface area (Å²) in [5, 5.41) is 69.7. The van der Waals surface area contributed by atoms with Gasteiger partial charge in [-0.15, -0.1) is 0 Å². The zero-order valence-corrected chi connectivity index (χ0v) is 48.0. The van der Waals surface area contributed by atoms with Crippen LogP contribution in [-0.2, 0) is 68.7 Å². The molecule has 10 atom stereocenters. The third-order valence-corrected chi connectivity index (χ3v) is 12.4. The van der Waals surface area contributed by atoms with Crippen molar-refractivity contribution in [2.75, 3.05) is 32.8 Å². The van der Waals surface area contributed by atoms with Crippen LogP contribution >= 0.6 is 0 Å². The molecule has 0 bridgehead atoms. The summed E-state index contributed by atoms with van der Waals surface area (Å²) in [5.74, 6) is -17.8. The number of nitrogens with two attached hydrogens (primary N) is 8. The van der Waals surface area contributed by atoms with Gasteiger partial charge in [-0.1, -0.05) is 32.4 Å². The highest BCUT2D eigenvalue weighted by molar-refractivity contribution is 6.00. The Kier molecular flexibility index (Phi) is 34.0. The van der Waals surface area contributed by atoms with E-state index in [1.807, 2.05) is 0 Å². The van der Waals surface area contributed by atoms with Gasteiger partial charge < -0.3 is 119 Å². The zero-order chi connectivity index (χ0) is 66.1. The van der Waals surface area contributed by atoms with Crippen molar-refractivity contribution in [3.05, 3.63) is 29.8 Å². The number of rotatable bonds is 42. The van der Waals surface area contributed by atoms with E-state index in [-0.39, 0.29) is 68.4 Å². The Hall–Kier alpha value is -9.49. The Morgan fingerprint density at radius 3 is 1.20 bits per heavy atom. The van der Waals surface area contributed by atoms with Crippen LogP contribution < -0.4 is 93.7 Å². The number of aliphatic hydroxyl groups excluding tert-OH is 2. The average Bonchev–Trinajstić information content (AvgIpc) is 3.38. The Morgan fingerprint density at radius 2 is 0.816 bits per heavy atom. The van der Waals surface area contributed by atoms with E-state index in [1.165, 1.54) is 38.1 Å². The molecule has 1 aromatic carbocycles. The number of carbonyl (C=O) groups excluding carboxylic acids is 11. The monoisotopic (exact) mass is 1240 g/mol. The second-order valence-corrected chi connectivity index (χ2v) is 20.0. The fourth-order valence-corrected chi connectivity index (χ4v) is 7.81. The van der Waals surface area contributed by atoms with Gasteiger partial charge in [-0.25, -0.2) is 4.79 Å². The number of hydrogen-bond acceptors (Lipinski definition) is 20. The number of nitrogens with zero attached hydrogens (tertiary/aromatic N) is 2. The number of nitrogens with one attached hydrogen (secondary N) is 9. The Morgan fingerprint density at radius 1 is 0.460 bits per heavy atom. The second kappa shape index (κ2) is 39.2. The van der Waals surface area contributed by atoms with E-state index in [2.05, 4.69) is 57.8 Å². The second-order valence-electron chi connectivity index (χ2n) is 20.0. The molecule has 87 heavy (non-hydrogen) atoms. The third-order valence-electron chi connectivity index (χ3n) is 12.4. The Labute approximate surface area is 498 Å². The van der Waals surface area contributed by atoms with Crippen molar-refractivity contribution in [3.63, 3.8) is 0 Å². The molecular formula is C50H83N19O18. The summed E-state index contributed by atoms with van der Waals surface area (Å²) in [4.78, 5) is 179. The molecule has 0 aliphatic heterocycles. The van der Waals surface area contributed by atoms with Gasteiger partial charge in [-0.05, 0) is 68.7 Å². The number of phenolic OH excluding ortho intramolecular Hbond substituents is 1. The van der Waals surface area contributed by atoms with E-state index in [1.54, 1.807) is 0 Å². The first-order valence-electron chi connectivity index (χ1n) is 27.1. The minimum atomic E-state index is -1.98. The van der Waals surface area contributed by atoms with Gasteiger partial charge in [0.25, 0.3) is 0 Å². The molecule has 37 heteroatoms. The van der Waals surface area contributed by atoms with E-state index in [0.29, 0.717) is 19.4 Å². The lowest BCUT2D eigenvalue weighted by Gasteiger charge is -2.28. The topological polar surface area (TPSA) is 664 Å². The average molecular weight is 1240 g/mol. The number of amides is 11. The summed E-state index contributed by atoms with van der Waals surface area (Å²) in [6.45, 7) is 0.555. The summed E-state index contributed by atoms with van der Waals surface area (Å²) >= 11 is 0. The first kappa shape index (κ1) is 75.5. The summed E-state index contributed by atoms with van der Waals surface area (Å²) in [7, 11) is 0. The lowest BCUT2D eigenvalue weighted by molar-refractivity contribution is -0.144. The number of unbranched alkanes of at least 4 members (excludes halogenated alkanes) is 1. The molecule has 0 saturated heterocycles. The number of aliphatic carboxylic acids is 2. The van der Waals surface area contributed by atoms with Gasteiger partial charge in [0.05, 0.1) is 38.5 Å². The number of benzene rings is 1. The van der Waals surface area contributed by atoms with Crippen molar-refractivity contribution in [1.29, 1.82) is 0 Å². The van der Waals surface area contributed by atoms with Gasteiger partial charge in [0.2, 0.25) is 65.0 Å². The highest BCUT2D eigenvalue weighted by atomic mass is 16.4. The first-order chi connectivity index (χ1) is 40.8. The highest BCUT2D eigenvalue weighted by Crippen LogP contribution is 2.14. The molecule has 0 heterocycles. The normalized spacial score (nSPS) is 14.3. The molecule has 1 aromatic rings. The van der Waals surface area contributed by atoms with Crippen LogP contribution in [0.5, 0.6) is 5.75 Å². The van der Waals surface area contributed by atoms with Crippen LogP contribution in [0.15, 0.2) is 34.3 Å². The number of carboxylic acids is 2. The fraction of sp³-hybridized carbons (Fsp3) is 0.580. The minimum absolute atomic E-state index is 0.0769. The molecule has 0 saturated carbocycles. The molecule has 37 nitrogen and oxygen atoms in total. The molecule has 0 radical (unpaired) electrons. The smallest absolute Gasteiger partial charge is 0.326 e. The van der Waals surface area contributed by atoms with E-state index in [9.17, 15) is 87.9 Å². The van der Waals surface area contributed by atoms with Crippen molar-refractivity contribution in [1.82, 2.24) is 47.9 Å². The number of phenols is 1. The van der Waals surface area contributed by atoms with Crippen molar-refractivity contribution in [3.8, 4) is 5.75 Å². The van der Waals surface area contributed by atoms with Gasteiger partial charge in [0.15, 0.2) is 11.9 Å². The van der Waals surface area contributed by atoms with E-state index in [4.69, 9.17) is 45.9 Å². The van der Waals surface area contributed by atoms with Crippen molar-refractivity contribution in [2.24, 2.45) is 61.8 Å². The number of aliphatic imine (C=N–C) groups is 2. The van der Waals surface area contributed by atoms with Crippen LogP contribution in [0.1, 0.15) is 83.6 Å². The molecule has 0 aliphatic carbocycles. The standard InChI is InChI=1S/C50H83N19O18/c1-23(2)38(48(86)87)69-45(83)32(20-37(75)76)66-47(85)34(22-71)67-41(79)28(9-6-16-60-50(57)58)61-42(80)29(17-24-10-12-25(72)13-11-24)64-43(81)31(19-36(54)74)65-40(78)27(8-5-15-59-49(55)56)62-46(84)33(21-70)68-44(82)30(18-35(53)73)63-39(77)26(52)7-3-4-14-51/h10-13,23,26-34,38,70-72H,3-9,14-22,51-52H2,1-2H3,(H2,53,73)(H2,54,74)(H,61,80)(H,62,84)(H,63,77)(H,64,81)(H,65,78)(H,66,85)(H,67,79)(H,68,82)(H,69,83)(H,75,76)(H,86,87)(H4,55,56,59)(H4,57,58,60)/t26-,27-,28-,29-,30-,31-,32-,33-,34-,38-/m0/s1. The molecular weight excluding hydrogens is 1150 g/mol. The minimum Gasteiger partial charge on any atom is -0.508 e. The molecule has 0 unspecified atom stereocenters. The number of aromatic hydroxyl groups is 1. The number of aliphatic hydroxyl groups is 2. The van der Waals surface area contributed by atoms with E-state index in [0.717, 1.165) is 0 Å². The van der Waals surface area contributed by atoms with Crippen LogP contribution in [-0.4, -0.2) is 208 Å². The number of guanidine groups is 2. The molecule has 0 aliphatic rings. The van der Waals surface area contributed by atoms with Crippen LogP contribution in [0.25, 0.3) is 0 Å². The van der Waals surface area contributed by atoms with Gasteiger partial charge >= 0.3 is 11.9 Å². The SMILES string of the molecule is CC(C)[C@H](NC(=O)[C@H](CC(=O)O)NC(=O)[C@H](CO)NC(=O)[C@H](CCCN=C(N)N)NC(=O)[C@H](Cc1ccc(O)cc1)NC(=O)[C@H](CC(N)=O)NC(=O)[C@H](CCCN=C(N)N)NC(=O)[C@H](CO)NC(=O)[C@H](CC(N)=O)NC(=O)[C@@H](N)CCCCN)C(=O)O. The van der Waals surface area contributed by atoms with Gasteiger partial charge in [0.1, 0.15) is 60.1 Å². The Balaban J connectivity index is 3.71. The summed E-state index contributed by atoms with van der Waals surface area (Å²) < 4.78 is 0. The van der Waals surface area contributed by atoms with Gasteiger partial charge in [-0.2, -0.15) is 0 Å². The molecule has 0 spiro atoms. The molecule has 30 N–H and O–H groups in total. The maximum Gasteiger partial charge on any atom is 0.326 e. The maximum absolute atomic E-state index is 14.4. The largest absolute Gasteiger partial charge is 0.508 e. The quantitative estimate of drug-likeness (QED) is 0.0164. The number of carbonyl (C=O) groups is 13. The van der Waals surface area contributed by atoms with Crippen molar-refractivity contribution >= 4 is 88.8 Å². The van der Waals surface area contributed by atoms with Crippen LogP contribution in [0.2, 0.25) is 0 Å². The van der Waals surface area contributed by atoms with E-state index < -0.39 is 182 Å². The molecule has 1 rings (SSSR count). The van der Waals surface area contributed by atoms with Crippen molar-refractivity contribution in [2.45, 2.75) is 145 Å². The van der Waals surface area contributed by atoms with E-state index >= 15 is 0 Å².